The zero-order valence-electron chi connectivity index (χ0n) is 11.4. The number of carbonyl (C=O) groups is 1. The molecule has 7 heteroatoms. The van der Waals surface area contributed by atoms with Crippen molar-refractivity contribution in [2.75, 3.05) is 14.2 Å². The number of esters is 1. The van der Waals surface area contributed by atoms with Gasteiger partial charge < -0.3 is 9.47 Å². The number of hydrogen-bond acceptors (Lipinski definition) is 7. The second-order valence-electron chi connectivity index (χ2n) is 4.18. The largest absolute Gasteiger partial charge is 0.481 e. The summed E-state index contributed by atoms with van der Waals surface area (Å²) in [5.41, 5.74) is 2.43. The van der Waals surface area contributed by atoms with E-state index < -0.39 is 5.97 Å². The molecule has 0 atom stereocenters. The molecule has 1 aromatic carbocycles. The Labute approximate surface area is 119 Å². The molecule has 3 rings (SSSR count). The van der Waals surface area contributed by atoms with Crippen molar-refractivity contribution >= 4 is 17.0 Å². The van der Waals surface area contributed by atoms with Gasteiger partial charge >= 0.3 is 5.97 Å². The minimum Gasteiger partial charge on any atom is -0.481 e. The van der Waals surface area contributed by atoms with E-state index in [1.54, 1.807) is 30.3 Å². The molecule has 0 bridgehead atoms. The molecule has 7 nitrogen and oxygen atoms in total. The molecule has 0 aliphatic rings. The van der Waals surface area contributed by atoms with E-state index in [0.717, 1.165) is 0 Å². The van der Waals surface area contributed by atoms with Crippen LogP contribution in [0.3, 0.4) is 0 Å². The number of pyridine rings is 1. The molecule has 0 saturated heterocycles. The molecule has 3 aromatic rings. The van der Waals surface area contributed by atoms with Gasteiger partial charge in [-0.25, -0.2) is 14.4 Å². The topological polar surface area (TPSA) is 87.3 Å². The lowest BCUT2D eigenvalue weighted by Gasteiger charge is -2.09. The summed E-state index contributed by atoms with van der Waals surface area (Å²) in [6, 6.07) is 8.51. The van der Waals surface area contributed by atoms with Crippen LogP contribution in [-0.4, -0.2) is 35.5 Å². The summed E-state index contributed by atoms with van der Waals surface area (Å²) in [5, 5.41) is 7.64. The van der Waals surface area contributed by atoms with Crippen LogP contribution < -0.4 is 4.74 Å². The van der Waals surface area contributed by atoms with Gasteiger partial charge in [0.05, 0.1) is 25.5 Å². The van der Waals surface area contributed by atoms with Gasteiger partial charge in [-0.3, -0.25) is 0 Å². The number of ether oxygens (including phenoxy) is 2. The van der Waals surface area contributed by atoms with Gasteiger partial charge in [0, 0.05) is 11.6 Å². The van der Waals surface area contributed by atoms with Crippen LogP contribution in [0.2, 0.25) is 0 Å². The highest BCUT2D eigenvalue weighted by Gasteiger charge is 2.19. The van der Waals surface area contributed by atoms with Crippen molar-refractivity contribution < 1.29 is 18.9 Å². The van der Waals surface area contributed by atoms with E-state index in [1.165, 1.54) is 14.2 Å². The smallest absolute Gasteiger partial charge is 0.340 e. The molecule has 0 amide bonds. The molecule has 0 unspecified atom stereocenters. The van der Waals surface area contributed by atoms with E-state index in [-0.39, 0.29) is 0 Å². The van der Waals surface area contributed by atoms with Crippen molar-refractivity contribution in [1.29, 1.82) is 0 Å². The molecule has 0 radical (unpaired) electrons. The predicted octanol–water partition coefficient (Wildman–Crippen LogP) is 2.08. The van der Waals surface area contributed by atoms with Crippen LogP contribution in [0.15, 0.2) is 35.0 Å². The van der Waals surface area contributed by atoms with E-state index in [4.69, 9.17) is 14.1 Å². The lowest BCUT2D eigenvalue weighted by Crippen LogP contribution is -2.06. The third kappa shape index (κ3) is 2.18. The molecule has 2 aromatic heterocycles. The summed E-state index contributed by atoms with van der Waals surface area (Å²) in [7, 11) is 2.82. The number of carbonyl (C=O) groups excluding carboxylic acids is 1. The molecule has 2 heterocycles. The highest BCUT2D eigenvalue weighted by atomic mass is 16.6. The van der Waals surface area contributed by atoms with Crippen LogP contribution in [0.5, 0.6) is 5.88 Å². The van der Waals surface area contributed by atoms with Crippen molar-refractivity contribution in [2.45, 2.75) is 0 Å². The van der Waals surface area contributed by atoms with Crippen LogP contribution >= 0.6 is 0 Å². The Morgan fingerprint density at radius 2 is 2.00 bits per heavy atom. The quantitative estimate of drug-likeness (QED) is 0.681. The highest BCUT2D eigenvalue weighted by Crippen LogP contribution is 2.29. The Balaban J connectivity index is 2.29. The van der Waals surface area contributed by atoms with Crippen LogP contribution in [0.4, 0.5) is 0 Å². The number of rotatable bonds is 3. The summed E-state index contributed by atoms with van der Waals surface area (Å²) < 4.78 is 14.6. The Morgan fingerprint density at radius 3 is 2.76 bits per heavy atom. The van der Waals surface area contributed by atoms with E-state index in [9.17, 15) is 4.79 Å². The van der Waals surface area contributed by atoms with E-state index in [0.29, 0.717) is 33.7 Å². The standard InChI is InChI=1S/C14H11N3O4/c1-19-11-7-6-9(14(18)20-2)12(15-11)8-4-3-5-10-13(8)17-21-16-10/h3-7H,1-2H3. The zero-order chi connectivity index (χ0) is 14.8. The summed E-state index contributed by atoms with van der Waals surface area (Å²) in [4.78, 5) is 16.2. The monoisotopic (exact) mass is 285 g/mol. The fourth-order valence-corrected chi connectivity index (χ4v) is 2.03. The van der Waals surface area contributed by atoms with Crippen LogP contribution in [0.1, 0.15) is 10.4 Å². The average Bonchev–Trinajstić information content (AvgIpc) is 3.02. The lowest BCUT2D eigenvalue weighted by atomic mass is 10.0. The number of methoxy groups -OCH3 is 2. The molecule has 106 valence electrons. The van der Waals surface area contributed by atoms with Gasteiger partial charge in [-0.2, -0.15) is 0 Å². The zero-order valence-corrected chi connectivity index (χ0v) is 11.4. The Morgan fingerprint density at radius 1 is 1.14 bits per heavy atom. The van der Waals surface area contributed by atoms with Gasteiger partial charge in [0.15, 0.2) is 0 Å². The predicted molar refractivity (Wildman–Crippen MR) is 72.9 cm³/mol. The van der Waals surface area contributed by atoms with Crippen molar-refractivity contribution in [2.24, 2.45) is 0 Å². The first-order valence-corrected chi connectivity index (χ1v) is 6.09. The fourth-order valence-electron chi connectivity index (χ4n) is 2.03. The molecule has 0 aliphatic heterocycles. The van der Waals surface area contributed by atoms with Crippen molar-refractivity contribution in [3.63, 3.8) is 0 Å². The summed E-state index contributed by atoms with van der Waals surface area (Å²) >= 11 is 0. The number of benzene rings is 1. The summed E-state index contributed by atoms with van der Waals surface area (Å²) in [6.07, 6.45) is 0. The maximum atomic E-state index is 11.9. The van der Waals surface area contributed by atoms with Crippen LogP contribution in [0.25, 0.3) is 22.3 Å². The van der Waals surface area contributed by atoms with Gasteiger partial charge in [-0.1, -0.05) is 12.1 Å². The first-order chi connectivity index (χ1) is 10.2. The molecule has 0 saturated carbocycles. The molecule has 0 N–H and O–H groups in total. The molecule has 21 heavy (non-hydrogen) atoms. The number of hydrogen-bond donors (Lipinski definition) is 0. The molecular formula is C14H11N3O4. The van der Waals surface area contributed by atoms with Gasteiger partial charge in [0.25, 0.3) is 0 Å². The third-order valence-electron chi connectivity index (χ3n) is 3.03. The molecule has 0 spiro atoms. The lowest BCUT2D eigenvalue weighted by molar-refractivity contribution is 0.0601. The van der Waals surface area contributed by atoms with E-state index >= 15 is 0 Å². The Kier molecular flexibility index (Phi) is 3.23. The van der Waals surface area contributed by atoms with E-state index in [2.05, 4.69) is 15.3 Å². The molecule has 0 fully saturated rings. The van der Waals surface area contributed by atoms with Crippen molar-refractivity contribution in [3.8, 4) is 17.1 Å². The van der Waals surface area contributed by atoms with Crippen LogP contribution in [-0.2, 0) is 4.74 Å². The number of fused-ring (bicyclic) bond motifs is 1. The SMILES string of the molecule is COC(=O)c1ccc(OC)nc1-c1cccc2nonc12. The minimum absolute atomic E-state index is 0.314. The first-order valence-electron chi connectivity index (χ1n) is 6.09. The number of aromatic nitrogens is 3. The first kappa shape index (κ1) is 13.0. The van der Waals surface area contributed by atoms with Crippen molar-refractivity contribution in [3.05, 3.63) is 35.9 Å². The third-order valence-corrected chi connectivity index (χ3v) is 3.03. The highest BCUT2D eigenvalue weighted by molar-refractivity contribution is 6.00. The van der Waals surface area contributed by atoms with E-state index in [1.807, 2.05) is 0 Å². The van der Waals surface area contributed by atoms with Gasteiger partial charge in [0.1, 0.15) is 11.0 Å². The van der Waals surface area contributed by atoms with Gasteiger partial charge in [-0.05, 0) is 22.4 Å². The second kappa shape index (κ2) is 5.20. The Hall–Kier alpha value is -2.96. The molecule has 0 aliphatic carbocycles. The number of nitrogens with zero attached hydrogens (tertiary/aromatic N) is 3. The van der Waals surface area contributed by atoms with Gasteiger partial charge in [0.2, 0.25) is 5.88 Å². The molecular weight excluding hydrogens is 274 g/mol. The minimum atomic E-state index is -0.492. The average molecular weight is 285 g/mol. The summed E-state index contributed by atoms with van der Waals surface area (Å²) in [5.74, 6) is -0.111. The second-order valence-corrected chi connectivity index (χ2v) is 4.18. The van der Waals surface area contributed by atoms with Crippen LogP contribution in [0, 0.1) is 0 Å². The normalized spacial score (nSPS) is 10.6. The Bertz CT molecular complexity index is 813. The maximum Gasteiger partial charge on any atom is 0.340 e. The van der Waals surface area contributed by atoms with Crippen molar-refractivity contribution in [1.82, 2.24) is 15.3 Å². The van der Waals surface area contributed by atoms with Gasteiger partial charge in [-0.15, -0.1) is 0 Å². The summed E-state index contributed by atoms with van der Waals surface area (Å²) in [6.45, 7) is 0. The maximum absolute atomic E-state index is 11.9. The fraction of sp³-hybridized carbons (Fsp3) is 0.143.